The summed E-state index contributed by atoms with van der Waals surface area (Å²) in [5.41, 5.74) is -0.357. The minimum absolute atomic E-state index is 0.00351. The molecular formula is C12H8FN3O3. The molecule has 0 saturated carbocycles. The second-order valence-electron chi connectivity index (χ2n) is 3.54. The Kier molecular flexibility index (Phi) is 3.46. The van der Waals surface area contributed by atoms with Crippen molar-refractivity contribution in [2.75, 3.05) is 5.32 Å². The highest BCUT2D eigenvalue weighted by Crippen LogP contribution is 2.15. The van der Waals surface area contributed by atoms with E-state index in [1.165, 1.54) is 30.7 Å². The monoisotopic (exact) mass is 261 g/mol. The van der Waals surface area contributed by atoms with Crippen molar-refractivity contribution in [1.29, 1.82) is 0 Å². The van der Waals surface area contributed by atoms with Gasteiger partial charge in [0, 0.05) is 12.4 Å². The largest absolute Gasteiger partial charge is 0.478 e. The van der Waals surface area contributed by atoms with Gasteiger partial charge in [-0.2, -0.15) is 0 Å². The van der Waals surface area contributed by atoms with Gasteiger partial charge in [-0.05, 0) is 12.1 Å². The summed E-state index contributed by atoms with van der Waals surface area (Å²) in [7, 11) is 0. The van der Waals surface area contributed by atoms with E-state index in [1.54, 1.807) is 0 Å². The topological polar surface area (TPSA) is 92.2 Å². The van der Waals surface area contributed by atoms with Crippen LogP contribution in [0.3, 0.4) is 0 Å². The van der Waals surface area contributed by atoms with Crippen LogP contribution in [0.1, 0.15) is 20.7 Å². The smallest absolute Gasteiger partial charge is 0.337 e. The molecule has 96 valence electrons. The van der Waals surface area contributed by atoms with Crippen molar-refractivity contribution in [2.24, 2.45) is 0 Å². The fourth-order valence-electron chi connectivity index (χ4n) is 1.43. The quantitative estimate of drug-likeness (QED) is 0.874. The van der Waals surface area contributed by atoms with Crippen molar-refractivity contribution in [3.63, 3.8) is 0 Å². The Hall–Kier alpha value is -2.83. The number of pyridine rings is 2. The molecule has 0 aromatic carbocycles. The molecule has 0 unspecified atom stereocenters. The molecule has 7 heteroatoms. The molecule has 2 N–H and O–H groups in total. The highest BCUT2D eigenvalue weighted by molar-refractivity contribution is 6.07. The fraction of sp³-hybridized carbons (Fsp3) is 0. The summed E-state index contributed by atoms with van der Waals surface area (Å²) in [5.74, 6) is -2.77. The maximum absolute atomic E-state index is 13.3. The van der Waals surface area contributed by atoms with Crippen LogP contribution in [0.4, 0.5) is 10.1 Å². The Balaban J connectivity index is 2.30. The van der Waals surface area contributed by atoms with Crippen LogP contribution in [0.15, 0.2) is 36.9 Å². The molecule has 2 rings (SSSR count). The molecule has 19 heavy (non-hydrogen) atoms. The van der Waals surface area contributed by atoms with Gasteiger partial charge in [0.15, 0.2) is 5.82 Å². The van der Waals surface area contributed by atoms with Crippen molar-refractivity contribution in [1.82, 2.24) is 9.97 Å². The Morgan fingerprint density at radius 1 is 1.11 bits per heavy atom. The maximum atomic E-state index is 13.3. The molecule has 2 heterocycles. The van der Waals surface area contributed by atoms with E-state index in [0.717, 1.165) is 6.20 Å². The van der Waals surface area contributed by atoms with Gasteiger partial charge in [-0.25, -0.2) is 9.18 Å². The summed E-state index contributed by atoms with van der Waals surface area (Å²) in [6, 6.07) is 2.43. The van der Waals surface area contributed by atoms with Gasteiger partial charge in [-0.1, -0.05) is 0 Å². The summed E-state index contributed by atoms with van der Waals surface area (Å²) < 4.78 is 13.3. The number of carboxylic acids is 1. The molecule has 6 nitrogen and oxygen atoms in total. The first-order chi connectivity index (χ1) is 9.09. The van der Waals surface area contributed by atoms with Crippen LogP contribution in [0.5, 0.6) is 0 Å². The van der Waals surface area contributed by atoms with Gasteiger partial charge in [0.1, 0.15) is 0 Å². The lowest BCUT2D eigenvalue weighted by atomic mass is 10.2. The van der Waals surface area contributed by atoms with Crippen LogP contribution >= 0.6 is 0 Å². The number of nitrogens with one attached hydrogen (secondary N) is 1. The zero-order valence-electron chi connectivity index (χ0n) is 9.50. The molecule has 0 aliphatic heterocycles. The molecule has 0 fully saturated rings. The van der Waals surface area contributed by atoms with Gasteiger partial charge in [0.25, 0.3) is 5.91 Å². The van der Waals surface area contributed by atoms with Crippen LogP contribution in [0, 0.1) is 5.82 Å². The number of carboxylic acid groups (broad SMARTS) is 1. The van der Waals surface area contributed by atoms with Crippen molar-refractivity contribution in [3.8, 4) is 0 Å². The highest BCUT2D eigenvalue weighted by atomic mass is 19.1. The van der Waals surface area contributed by atoms with Crippen molar-refractivity contribution < 1.29 is 19.1 Å². The average Bonchev–Trinajstić information content (AvgIpc) is 2.39. The molecule has 2 aromatic rings. The first-order valence-corrected chi connectivity index (χ1v) is 5.18. The minimum Gasteiger partial charge on any atom is -0.478 e. The third-order valence-electron chi connectivity index (χ3n) is 2.32. The van der Waals surface area contributed by atoms with Gasteiger partial charge < -0.3 is 10.4 Å². The molecule has 2 aromatic heterocycles. The molecular weight excluding hydrogens is 253 g/mol. The zero-order chi connectivity index (χ0) is 13.8. The second kappa shape index (κ2) is 5.21. The third-order valence-corrected chi connectivity index (χ3v) is 2.32. The molecule has 1 amide bonds. The predicted octanol–water partition coefficient (Wildman–Crippen LogP) is 1.57. The van der Waals surface area contributed by atoms with Gasteiger partial charge >= 0.3 is 5.97 Å². The number of rotatable bonds is 3. The van der Waals surface area contributed by atoms with E-state index in [2.05, 4.69) is 15.3 Å². The maximum Gasteiger partial charge on any atom is 0.337 e. The van der Waals surface area contributed by atoms with E-state index >= 15 is 0 Å². The molecule has 0 radical (unpaired) electrons. The van der Waals surface area contributed by atoms with E-state index in [4.69, 9.17) is 5.11 Å². The number of aromatic nitrogens is 2. The first-order valence-electron chi connectivity index (χ1n) is 5.18. The standard InChI is InChI=1S/C12H8FN3O3/c13-9-5-14-3-1-7(9)11(17)16-10-6-15-4-2-8(10)12(18)19/h1-6H,(H,16,17)(H,18,19). The average molecular weight is 261 g/mol. The predicted molar refractivity (Wildman–Crippen MR) is 63.3 cm³/mol. The number of hydrogen-bond donors (Lipinski definition) is 2. The molecule has 0 bridgehead atoms. The van der Waals surface area contributed by atoms with Crippen molar-refractivity contribution >= 4 is 17.6 Å². The molecule has 0 spiro atoms. The van der Waals surface area contributed by atoms with Crippen molar-refractivity contribution in [2.45, 2.75) is 0 Å². The summed E-state index contributed by atoms with van der Waals surface area (Å²) in [6.45, 7) is 0. The van der Waals surface area contributed by atoms with Gasteiger partial charge in [0.05, 0.1) is 29.2 Å². The lowest BCUT2D eigenvalue weighted by Crippen LogP contribution is -2.16. The normalized spacial score (nSPS) is 9.95. The fourth-order valence-corrected chi connectivity index (χ4v) is 1.43. The molecule has 0 aliphatic carbocycles. The summed E-state index contributed by atoms with van der Waals surface area (Å²) in [5, 5.41) is 11.2. The van der Waals surface area contributed by atoms with E-state index < -0.39 is 17.7 Å². The number of hydrogen-bond acceptors (Lipinski definition) is 4. The Labute approximate surface area is 106 Å². The lowest BCUT2D eigenvalue weighted by Gasteiger charge is -2.07. The van der Waals surface area contributed by atoms with Crippen LogP contribution in [0.2, 0.25) is 0 Å². The van der Waals surface area contributed by atoms with E-state index in [0.29, 0.717) is 0 Å². The Morgan fingerprint density at radius 3 is 2.37 bits per heavy atom. The number of carbonyl (C=O) groups is 2. The number of aromatic carboxylic acids is 1. The number of halogens is 1. The molecule has 0 aliphatic rings. The SMILES string of the molecule is O=C(Nc1cnccc1C(=O)O)c1ccncc1F. The van der Waals surface area contributed by atoms with Gasteiger partial charge in [0.2, 0.25) is 0 Å². The Morgan fingerprint density at radius 2 is 1.74 bits per heavy atom. The molecule has 0 atom stereocenters. The van der Waals surface area contributed by atoms with Crippen molar-refractivity contribution in [3.05, 3.63) is 53.9 Å². The summed E-state index contributed by atoms with van der Waals surface area (Å²) in [4.78, 5) is 30.0. The first kappa shape index (κ1) is 12.6. The number of amides is 1. The Bertz CT molecular complexity index is 646. The van der Waals surface area contributed by atoms with Gasteiger partial charge in [-0.15, -0.1) is 0 Å². The summed E-state index contributed by atoms with van der Waals surface area (Å²) >= 11 is 0. The highest BCUT2D eigenvalue weighted by Gasteiger charge is 2.15. The van der Waals surface area contributed by atoms with E-state index in [9.17, 15) is 14.0 Å². The van der Waals surface area contributed by atoms with Crippen LogP contribution in [-0.2, 0) is 0 Å². The number of anilines is 1. The second-order valence-corrected chi connectivity index (χ2v) is 3.54. The minimum atomic E-state index is -1.21. The number of carbonyl (C=O) groups excluding carboxylic acids is 1. The third kappa shape index (κ3) is 2.71. The van der Waals surface area contributed by atoms with E-state index in [1.807, 2.05) is 0 Å². The van der Waals surface area contributed by atoms with Crippen LogP contribution in [0.25, 0.3) is 0 Å². The van der Waals surface area contributed by atoms with Crippen LogP contribution < -0.4 is 5.32 Å². The zero-order valence-corrected chi connectivity index (χ0v) is 9.50. The van der Waals surface area contributed by atoms with E-state index in [-0.39, 0.29) is 16.8 Å². The summed E-state index contributed by atoms with van der Waals surface area (Å²) in [6.07, 6.45) is 4.63. The molecule has 0 saturated heterocycles. The number of nitrogens with zero attached hydrogens (tertiary/aromatic N) is 2. The lowest BCUT2D eigenvalue weighted by molar-refractivity contribution is 0.0698. The van der Waals surface area contributed by atoms with Gasteiger partial charge in [-0.3, -0.25) is 14.8 Å². The van der Waals surface area contributed by atoms with Crippen LogP contribution in [-0.4, -0.2) is 27.0 Å².